The van der Waals surface area contributed by atoms with Crippen LogP contribution in [0.1, 0.15) is 31.9 Å². The Bertz CT molecular complexity index is 690. The monoisotopic (exact) mass is 478 g/mol. The van der Waals surface area contributed by atoms with Crippen LogP contribution >= 0.6 is 24.0 Å². The highest BCUT2D eigenvalue weighted by atomic mass is 127. The number of rotatable bonds is 6. The predicted molar refractivity (Wildman–Crippen MR) is 126 cm³/mol. The van der Waals surface area contributed by atoms with Gasteiger partial charge in [0.05, 0.1) is 6.04 Å². The van der Waals surface area contributed by atoms with Crippen LogP contribution in [0.5, 0.6) is 0 Å². The number of para-hydroxylation sites is 1. The minimum atomic E-state index is 0. The number of guanidine groups is 1. The molecule has 2 aromatic rings. The number of nitrogens with zero attached hydrogens (tertiary/aromatic N) is 2. The van der Waals surface area contributed by atoms with E-state index >= 15 is 0 Å². The molecule has 1 aliphatic heterocycles. The van der Waals surface area contributed by atoms with E-state index in [1.54, 1.807) is 0 Å². The summed E-state index contributed by atoms with van der Waals surface area (Å²) in [7, 11) is 0. The fourth-order valence-electron chi connectivity index (χ4n) is 3.43. The van der Waals surface area contributed by atoms with E-state index in [4.69, 9.17) is 4.99 Å². The Morgan fingerprint density at radius 1 is 1.11 bits per heavy atom. The summed E-state index contributed by atoms with van der Waals surface area (Å²) in [4.78, 5) is 7.32. The lowest BCUT2D eigenvalue weighted by Gasteiger charge is -2.19. The van der Waals surface area contributed by atoms with Gasteiger partial charge in [-0.05, 0) is 43.9 Å². The first kappa shape index (κ1) is 21.5. The summed E-state index contributed by atoms with van der Waals surface area (Å²) in [6, 6.07) is 21.4. The highest BCUT2D eigenvalue weighted by Crippen LogP contribution is 2.23. The zero-order valence-electron chi connectivity index (χ0n) is 16.3. The highest BCUT2D eigenvalue weighted by Gasteiger charge is 2.22. The minimum Gasteiger partial charge on any atom is -0.371 e. The second-order valence-corrected chi connectivity index (χ2v) is 6.93. The molecule has 2 atom stereocenters. The van der Waals surface area contributed by atoms with Gasteiger partial charge in [-0.15, -0.1) is 24.0 Å². The largest absolute Gasteiger partial charge is 0.371 e. The summed E-state index contributed by atoms with van der Waals surface area (Å²) in [6.45, 7) is 8.22. The zero-order chi connectivity index (χ0) is 18.2. The molecule has 0 aromatic heterocycles. The molecule has 0 spiro atoms. The predicted octanol–water partition coefficient (Wildman–Crippen LogP) is 4.45. The van der Waals surface area contributed by atoms with Crippen molar-refractivity contribution in [2.75, 3.05) is 31.1 Å². The van der Waals surface area contributed by atoms with E-state index in [9.17, 15) is 0 Å². The lowest BCUT2D eigenvalue weighted by Crippen LogP contribution is -2.39. The van der Waals surface area contributed by atoms with Gasteiger partial charge in [0.1, 0.15) is 0 Å². The lowest BCUT2D eigenvalue weighted by atomic mass is 10.1. The normalized spacial score (nSPS) is 17.9. The lowest BCUT2D eigenvalue weighted by molar-refractivity contribution is 0.594. The van der Waals surface area contributed by atoms with Crippen LogP contribution in [0.3, 0.4) is 0 Å². The molecule has 146 valence electrons. The van der Waals surface area contributed by atoms with Crippen molar-refractivity contribution >= 4 is 35.6 Å². The van der Waals surface area contributed by atoms with Crippen molar-refractivity contribution in [3.8, 4) is 0 Å². The van der Waals surface area contributed by atoms with Crippen LogP contribution in [0.4, 0.5) is 5.69 Å². The van der Waals surface area contributed by atoms with Crippen LogP contribution in [0.15, 0.2) is 65.7 Å². The van der Waals surface area contributed by atoms with Crippen molar-refractivity contribution in [3.05, 3.63) is 66.2 Å². The van der Waals surface area contributed by atoms with Crippen molar-refractivity contribution in [1.82, 2.24) is 10.6 Å². The molecule has 2 N–H and O–H groups in total. The summed E-state index contributed by atoms with van der Waals surface area (Å²) in [5.74, 6) is 1.51. The molecule has 1 heterocycles. The molecule has 2 aromatic carbocycles. The molecule has 4 nitrogen and oxygen atoms in total. The van der Waals surface area contributed by atoms with Gasteiger partial charge in [-0.2, -0.15) is 0 Å². The van der Waals surface area contributed by atoms with E-state index in [0.717, 1.165) is 32.1 Å². The third kappa shape index (κ3) is 6.41. The van der Waals surface area contributed by atoms with E-state index in [2.05, 4.69) is 84.0 Å². The maximum Gasteiger partial charge on any atom is 0.191 e. The smallest absolute Gasteiger partial charge is 0.191 e. The standard InChI is InChI=1S/C22H30N4.HI/c1-3-23-22(25-18(2)20-10-6-4-7-11-20)24-16-19-14-15-26(17-19)21-12-8-5-9-13-21;/h4-13,18-19H,3,14-17H2,1-2H3,(H2,23,24,25);1H. The van der Waals surface area contributed by atoms with Gasteiger partial charge in [-0.3, -0.25) is 4.99 Å². The van der Waals surface area contributed by atoms with Crippen molar-refractivity contribution in [2.45, 2.75) is 26.3 Å². The number of aliphatic imine (C=N–C) groups is 1. The van der Waals surface area contributed by atoms with Crippen LogP contribution in [0, 0.1) is 5.92 Å². The van der Waals surface area contributed by atoms with E-state index in [1.807, 2.05) is 6.07 Å². The topological polar surface area (TPSA) is 39.7 Å². The van der Waals surface area contributed by atoms with E-state index in [0.29, 0.717) is 5.92 Å². The SMILES string of the molecule is CCNC(=NCC1CCN(c2ccccc2)C1)NC(C)c1ccccc1.I. The number of nitrogens with one attached hydrogen (secondary N) is 2. The number of hydrogen-bond acceptors (Lipinski definition) is 2. The average molecular weight is 478 g/mol. The van der Waals surface area contributed by atoms with Crippen LogP contribution in [0.2, 0.25) is 0 Å². The quantitative estimate of drug-likeness (QED) is 0.366. The van der Waals surface area contributed by atoms with Crippen LogP contribution < -0.4 is 15.5 Å². The number of hydrogen-bond donors (Lipinski definition) is 2. The Morgan fingerprint density at radius 2 is 1.78 bits per heavy atom. The maximum absolute atomic E-state index is 4.86. The minimum absolute atomic E-state index is 0. The Kier molecular flexibility index (Phi) is 8.91. The molecule has 1 saturated heterocycles. The molecule has 0 bridgehead atoms. The summed E-state index contributed by atoms with van der Waals surface area (Å²) in [5, 5.41) is 6.90. The first-order valence-electron chi connectivity index (χ1n) is 9.66. The van der Waals surface area contributed by atoms with Crippen molar-refractivity contribution in [2.24, 2.45) is 10.9 Å². The zero-order valence-corrected chi connectivity index (χ0v) is 18.6. The van der Waals surface area contributed by atoms with Gasteiger partial charge >= 0.3 is 0 Å². The summed E-state index contributed by atoms with van der Waals surface area (Å²) in [5.41, 5.74) is 2.59. The fourth-order valence-corrected chi connectivity index (χ4v) is 3.43. The van der Waals surface area contributed by atoms with Crippen molar-refractivity contribution in [3.63, 3.8) is 0 Å². The Labute approximate surface area is 180 Å². The van der Waals surface area contributed by atoms with Gasteiger partial charge in [-0.25, -0.2) is 0 Å². The van der Waals surface area contributed by atoms with Gasteiger partial charge in [-0.1, -0.05) is 48.5 Å². The summed E-state index contributed by atoms with van der Waals surface area (Å²) >= 11 is 0. The van der Waals surface area contributed by atoms with E-state index in [-0.39, 0.29) is 30.0 Å². The van der Waals surface area contributed by atoms with E-state index in [1.165, 1.54) is 17.7 Å². The molecule has 1 fully saturated rings. The van der Waals surface area contributed by atoms with Gasteiger partial charge < -0.3 is 15.5 Å². The molecule has 2 unspecified atom stereocenters. The van der Waals surface area contributed by atoms with Crippen LogP contribution in [0.25, 0.3) is 0 Å². The Hall–Kier alpha value is -1.76. The molecule has 5 heteroatoms. The molecule has 0 aliphatic carbocycles. The van der Waals surface area contributed by atoms with E-state index < -0.39 is 0 Å². The number of anilines is 1. The van der Waals surface area contributed by atoms with Gasteiger partial charge in [0.2, 0.25) is 0 Å². The Balaban J connectivity index is 0.00000261. The van der Waals surface area contributed by atoms with Gasteiger partial charge in [0.25, 0.3) is 0 Å². The van der Waals surface area contributed by atoms with Crippen LogP contribution in [-0.2, 0) is 0 Å². The van der Waals surface area contributed by atoms with Crippen LogP contribution in [-0.4, -0.2) is 32.1 Å². The fraction of sp³-hybridized carbons (Fsp3) is 0.409. The second kappa shape index (κ2) is 11.2. The molecule has 27 heavy (non-hydrogen) atoms. The average Bonchev–Trinajstić information content (AvgIpc) is 3.17. The first-order valence-corrected chi connectivity index (χ1v) is 9.66. The molecule has 1 aliphatic rings. The van der Waals surface area contributed by atoms with Crippen molar-refractivity contribution < 1.29 is 0 Å². The van der Waals surface area contributed by atoms with Gasteiger partial charge in [0, 0.05) is 31.9 Å². The third-order valence-electron chi connectivity index (χ3n) is 4.91. The molecule has 3 rings (SSSR count). The Morgan fingerprint density at radius 3 is 2.44 bits per heavy atom. The molecule has 0 amide bonds. The molecule has 0 radical (unpaired) electrons. The summed E-state index contributed by atoms with van der Waals surface area (Å²) < 4.78 is 0. The van der Waals surface area contributed by atoms with Gasteiger partial charge in [0.15, 0.2) is 5.96 Å². The molecular formula is C22H31IN4. The third-order valence-corrected chi connectivity index (χ3v) is 4.91. The number of benzene rings is 2. The molecule has 0 saturated carbocycles. The number of halogens is 1. The second-order valence-electron chi connectivity index (χ2n) is 6.93. The maximum atomic E-state index is 4.86. The van der Waals surface area contributed by atoms with Crippen molar-refractivity contribution in [1.29, 1.82) is 0 Å². The molecular weight excluding hydrogens is 447 g/mol. The first-order chi connectivity index (χ1) is 12.8. The summed E-state index contributed by atoms with van der Waals surface area (Å²) in [6.07, 6.45) is 1.20. The highest BCUT2D eigenvalue weighted by molar-refractivity contribution is 14.0.